The Morgan fingerprint density at radius 3 is 2.65 bits per heavy atom. The third-order valence-corrected chi connectivity index (χ3v) is 2.23. The highest BCUT2D eigenvalue weighted by Crippen LogP contribution is 2.27. The maximum atomic E-state index is 11.6. The molecule has 0 amide bonds. The first-order valence-corrected chi connectivity index (χ1v) is 5.02. The second kappa shape index (κ2) is 5.33. The highest BCUT2D eigenvalue weighted by molar-refractivity contribution is 5.83. The maximum Gasteiger partial charge on any atom is 0.352 e. The molecule has 0 saturated heterocycles. The molecular formula is C10H13N3O4. The molecule has 0 aliphatic rings. The zero-order valence-electron chi connectivity index (χ0n) is 9.84. The van der Waals surface area contributed by atoms with Gasteiger partial charge in [-0.2, -0.15) is 4.98 Å². The molecule has 17 heavy (non-hydrogen) atoms. The number of nitrogens with zero attached hydrogens (tertiary/aromatic N) is 3. The Morgan fingerprint density at radius 2 is 2.18 bits per heavy atom. The summed E-state index contributed by atoms with van der Waals surface area (Å²) in [5.41, 5.74) is -0.260. The van der Waals surface area contributed by atoms with Crippen molar-refractivity contribution in [1.29, 1.82) is 0 Å². The molecule has 0 bridgehead atoms. The van der Waals surface area contributed by atoms with Crippen molar-refractivity contribution in [3.8, 4) is 5.88 Å². The molecule has 7 nitrogen and oxygen atoms in total. The molecule has 0 saturated carbocycles. The summed E-state index contributed by atoms with van der Waals surface area (Å²) in [5.74, 6) is -0.444. The van der Waals surface area contributed by atoms with Gasteiger partial charge in [0.15, 0.2) is 0 Å². The minimum Gasteiger partial charge on any atom is -0.476 e. The summed E-state index contributed by atoms with van der Waals surface area (Å²) in [4.78, 5) is 29.2. The zero-order valence-corrected chi connectivity index (χ0v) is 9.84. The Bertz CT molecular complexity index is 445. The van der Waals surface area contributed by atoms with Crippen LogP contribution in [0.25, 0.3) is 0 Å². The first-order chi connectivity index (χ1) is 7.97. The van der Waals surface area contributed by atoms with Gasteiger partial charge in [-0.05, 0) is 0 Å². The van der Waals surface area contributed by atoms with Crippen molar-refractivity contribution < 1.29 is 14.5 Å². The molecule has 1 aromatic heterocycles. The lowest BCUT2D eigenvalue weighted by Crippen LogP contribution is -2.13. The van der Waals surface area contributed by atoms with Gasteiger partial charge in [0.25, 0.3) is 5.88 Å². The molecule has 1 heterocycles. The van der Waals surface area contributed by atoms with Crippen LogP contribution in [0.2, 0.25) is 0 Å². The quantitative estimate of drug-likeness (QED) is 0.565. The molecule has 0 atom stereocenters. The third-order valence-electron chi connectivity index (χ3n) is 2.23. The molecule has 0 N–H and O–H groups in total. The van der Waals surface area contributed by atoms with Crippen LogP contribution >= 0.6 is 0 Å². The molecule has 1 rings (SSSR count). The van der Waals surface area contributed by atoms with Crippen molar-refractivity contribution in [3.63, 3.8) is 0 Å². The number of Topliss-reactive ketones (excluding diaryl/α,β-unsaturated/α-hetero) is 1. The SMILES string of the molecule is COc1ncnc(CC(=O)C(C)C)c1[N+](=O)[O-]. The molecule has 0 aliphatic heterocycles. The van der Waals surface area contributed by atoms with Crippen LogP contribution in [0.4, 0.5) is 5.69 Å². The number of ether oxygens (including phenoxy) is 1. The summed E-state index contributed by atoms with van der Waals surface area (Å²) >= 11 is 0. The van der Waals surface area contributed by atoms with Gasteiger partial charge in [-0.15, -0.1) is 0 Å². The van der Waals surface area contributed by atoms with E-state index in [1.807, 2.05) is 0 Å². The number of rotatable bonds is 5. The van der Waals surface area contributed by atoms with Gasteiger partial charge < -0.3 is 4.74 Å². The van der Waals surface area contributed by atoms with Gasteiger partial charge in [0.2, 0.25) is 0 Å². The minimum absolute atomic E-state index is 0.0838. The van der Waals surface area contributed by atoms with Crippen LogP contribution in [0.5, 0.6) is 5.88 Å². The Balaban J connectivity index is 3.15. The number of ketones is 1. The molecule has 7 heteroatoms. The van der Waals surface area contributed by atoms with Crippen LogP contribution < -0.4 is 4.74 Å². The average Bonchev–Trinajstić information content (AvgIpc) is 2.27. The fourth-order valence-corrected chi connectivity index (χ4v) is 1.23. The van der Waals surface area contributed by atoms with Crippen LogP contribution in [0, 0.1) is 16.0 Å². The highest BCUT2D eigenvalue weighted by Gasteiger charge is 2.25. The summed E-state index contributed by atoms with van der Waals surface area (Å²) in [6.45, 7) is 3.46. The Morgan fingerprint density at radius 1 is 1.53 bits per heavy atom. The minimum atomic E-state index is -0.637. The summed E-state index contributed by atoms with van der Waals surface area (Å²) in [7, 11) is 1.28. The number of hydrogen-bond donors (Lipinski definition) is 0. The van der Waals surface area contributed by atoms with Crippen molar-refractivity contribution in [2.24, 2.45) is 5.92 Å². The van der Waals surface area contributed by atoms with Gasteiger partial charge in [-0.25, -0.2) is 4.98 Å². The molecule has 92 valence electrons. The summed E-state index contributed by atoms with van der Waals surface area (Å²) in [5, 5.41) is 10.9. The van der Waals surface area contributed by atoms with E-state index in [4.69, 9.17) is 4.74 Å². The molecule has 0 unspecified atom stereocenters. The van der Waals surface area contributed by atoms with Crippen molar-refractivity contribution >= 4 is 11.5 Å². The van der Waals surface area contributed by atoms with E-state index in [1.54, 1.807) is 13.8 Å². The lowest BCUT2D eigenvalue weighted by Gasteiger charge is -2.06. The van der Waals surface area contributed by atoms with Gasteiger partial charge in [0, 0.05) is 5.92 Å². The van der Waals surface area contributed by atoms with Gasteiger partial charge >= 0.3 is 5.69 Å². The number of nitro groups is 1. The fraction of sp³-hybridized carbons (Fsp3) is 0.500. The zero-order chi connectivity index (χ0) is 13.0. The number of methoxy groups -OCH3 is 1. The average molecular weight is 239 g/mol. The molecule has 0 fully saturated rings. The fourth-order valence-electron chi connectivity index (χ4n) is 1.23. The largest absolute Gasteiger partial charge is 0.476 e. The highest BCUT2D eigenvalue weighted by atomic mass is 16.6. The monoisotopic (exact) mass is 239 g/mol. The first kappa shape index (κ1) is 13.0. The van der Waals surface area contributed by atoms with Crippen molar-refractivity contribution in [2.45, 2.75) is 20.3 Å². The summed E-state index contributed by atoms with van der Waals surface area (Å²) in [6.07, 6.45) is 1.06. The molecule has 1 aromatic rings. The van der Waals surface area contributed by atoms with E-state index in [2.05, 4.69) is 9.97 Å². The van der Waals surface area contributed by atoms with Crippen LogP contribution in [0.3, 0.4) is 0 Å². The van der Waals surface area contributed by atoms with E-state index >= 15 is 0 Å². The van der Waals surface area contributed by atoms with Crippen LogP contribution in [-0.2, 0) is 11.2 Å². The second-order valence-electron chi connectivity index (χ2n) is 3.73. The van der Waals surface area contributed by atoms with Crippen LogP contribution in [0.1, 0.15) is 19.5 Å². The predicted octanol–water partition coefficient (Wildman–Crippen LogP) is 1.16. The van der Waals surface area contributed by atoms with Crippen molar-refractivity contribution in [3.05, 3.63) is 22.1 Å². The number of aromatic nitrogens is 2. The number of carbonyl (C=O) groups is 1. The van der Waals surface area contributed by atoms with E-state index < -0.39 is 4.92 Å². The van der Waals surface area contributed by atoms with E-state index in [9.17, 15) is 14.9 Å². The van der Waals surface area contributed by atoms with E-state index in [0.717, 1.165) is 6.33 Å². The van der Waals surface area contributed by atoms with Gasteiger partial charge in [0.05, 0.1) is 18.5 Å². The van der Waals surface area contributed by atoms with Gasteiger partial charge in [0.1, 0.15) is 17.8 Å². The normalized spacial score (nSPS) is 10.4. The Kier molecular flexibility index (Phi) is 4.08. The smallest absolute Gasteiger partial charge is 0.352 e. The van der Waals surface area contributed by atoms with E-state index in [-0.39, 0.29) is 35.4 Å². The topological polar surface area (TPSA) is 95.2 Å². The standard InChI is InChI=1S/C10H13N3O4/c1-6(2)8(14)4-7-9(13(15)16)10(17-3)12-5-11-7/h5-6H,4H2,1-3H3. The van der Waals surface area contributed by atoms with Gasteiger partial charge in [-0.1, -0.05) is 13.8 Å². The maximum absolute atomic E-state index is 11.6. The first-order valence-electron chi connectivity index (χ1n) is 5.02. The summed E-state index contributed by atoms with van der Waals surface area (Å²) < 4.78 is 4.79. The molecule has 0 spiro atoms. The van der Waals surface area contributed by atoms with E-state index in [0.29, 0.717) is 0 Å². The second-order valence-corrected chi connectivity index (χ2v) is 3.73. The molecule has 0 aromatic carbocycles. The number of carbonyl (C=O) groups excluding carboxylic acids is 1. The Hall–Kier alpha value is -2.05. The number of hydrogen-bond acceptors (Lipinski definition) is 6. The third kappa shape index (κ3) is 2.96. The molecule has 0 radical (unpaired) electrons. The van der Waals surface area contributed by atoms with E-state index in [1.165, 1.54) is 7.11 Å². The predicted molar refractivity (Wildman–Crippen MR) is 58.8 cm³/mol. The van der Waals surface area contributed by atoms with Crippen LogP contribution in [0.15, 0.2) is 6.33 Å². The van der Waals surface area contributed by atoms with Gasteiger partial charge in [-0.3, -0.25) is 14.9 Å². The lowest BCUT2D eigenvalue weighted by molar-refractivity contribution is -0.387. The van der Waals surface area contributed by atoms with Crippen molar-refractivity contribution in [1.82, 2.24) is 9.97 Å². The molecular weight excluding hydrogens is 226 g/mol. The van der Waals surface area contributed by atoms with Crippen molar-refractivity contribution in [2.75, 3.05) is 7.11 Å². The lowest BCUT2D eigenvalue weighted by atomic mass is 10.0. The summed E-state index contributed by atoms with van der Waals surface area (Å²) in [6, 6.07) is 0. The molecule has 0 aliphatic carbocycles. The Labute approximate surface area is 98.0 Å². The van der Waals surface area contributed by atoms with Crippen LogP contribution in [-0.4, -0.2) is 27.8 Å².